The van der Waals surface area contributed by atoms with Crippen LogP contribution in [0.1, 0.15) is 100 Å². The topological polar surface area (TPSA) is 55.2 Å². The first-order valence-electron chi connectivity index (χ1n) is 13.0. The number of nitriles is 1. The molecule has 2 saturated carbocycles. The van der Waals surface area contributed by atoms with Gasteiger partial charge in [-0.25, -0.2) is 4.98 Å². The highest BCUT2D eigenvalue weighted by Crippen LogP contribution is 2.39. The minimum atomic E-state index is 0.557. The minimum Gasteiger partial charge on any atom is -0.379 e. The third-order valence-corrected chi connectivity index (χ3v) is 8.21. The number of nitrogens with one attached hydrogen (secondary N) is 1. The van der Waals surface area contributed by atoms with Crippen molar-refractivity contribution in [2.75, 3.05) is 29.9 Å². The van der Waals surface area contributed by atoms with Crippen LogP contribution >= 0.6 is 0 Å². The van der Waals surface area contributed by atoms with Crippen molar-refractivity contribution >= 4 is 11.5 Å². The molecule has 168 valence electrons. The molecule has 5 heteroatoms. The first-order valence-corrected chi connectivity index (χ1v) is 13.0. The van der Waals surface area contributed by atoms with Gasteiger partial charge >= 0.3 is 0 Å². The van der Waals surface area contributed by atoms with Crippen LogP contribution in [0.3, 0.4) is 0 Å². The largest absolute Gasteiger partial charge is 0.379 e. The maximum absolute atomic E-state index is 9.98. The lowest BCUT2D eigenvalue weighted by molar-refractivity contribution is 0.141. The van der Waals surface area contributed by atoms with Gasteiger partial charge in [-0.1, -0.05) is 38.5 Å². The molecule has 0 spiro atoms. The van der Waals surface area contributed by atoms with Crippen molar-refractivity contribution in [3.05, 3.63) is 16.8 Å². The van der Waals surface area contributed by atoms with Gasteiger partial charge in [-0.05, 0) is 62.5 Å². The molecule has 2 aliphatic carbocycles. The lowest BCUT2D eigenvalue weighted by Gasteiger charge is -2.40. The molecule has 3 fully saturated rings. The Balaban J connectivity index is 1.52. The summed E-state index contributed by atoms with van der Waals surface area (Å²) in [7, 11) is 0. The Morgan fingerprint density at radius 1 is 0.806 bits per heavy atom. The summed E-state index contributed by atoms with van der Waals surface area (Å²) in [4.78, 5) is 10.2. The van der Waals surface area contributed by atoms with E-state index in [1.54, 1.807) is 0 Å². The van der Waals surface area contributed by atoms with Crippen LogP contribution in [-0.2, 0) is 13.0 Å². The first kappa shape index (κ1) is 21.1. The van der Waals surface area contributed by atoms with E-state index in [-0.39, 0.29) is 0 Å². The zero-order valence-corrected chi connectivity index (χ0v) is 19.2. The lowest BCUT2D eigenvalue weighted by atomic mass is 9.89. The number of fused-ring (bicyclic) bond motifs is 1. The number of hydrogen-bond donors (Lipinski definition) is 1. The summed E-state index contributed by atoms with van der Waals surface area (Å²) in [6, 6.07) is 3.76. The standard InChI is InChI=1S/C26H39N5/c27-18-24-22-14-17-31(21-12-6-2-7-13-21)19-23(22)25(28-20-10-4-1-5-11-20)26(29-24)30-15-8-3-9-16-30/h20-21,28H,1-17,19H2. The Kier molecular flexibility index (Phi) is 6.64. The van der Waals surface area contributed by atoms with Crippen molar-refractivity contribution in [1.29, 1.82) is 5.26 Å². The maximum Gasteiger partial charge on any atom is 0.153 e. The van der Waals surface area contributed by atoms with Crippen LogP contribution < -0.4 is 10.2 Å². The van der Waals surface area contributed by atoms with Crippen molar-refractivity contribution in [2.24, 2.45) is 0 Å². The molecule has 3 heterocycles. The molecule has 1 N–H and O–H groups in total. The van der Waals surface area contributed by atoms with Gasteiger partial charge in [0.15, 0.2) is 5.82 Å². The molecule has 31 heavy (non-hydrogen) atoms. The highest BCUT2D eigenvalue weighted by Gasteiger charge is 2.32. The van der Waals surface area contributed by atoms with Gasteiger partial charge in [-0.15, -0.1) is 0 Å². The predicted octanol–water partition coefficient (Wildman–Crippen LogP) is 5.38. The third-order valence-electron chi connectivity index (χ3n) is 8.21. The van der Waals surface area contributed by atoms with Gasteiger partial charge in [0.25, 0.3) is 0 Å². The highest BCUT2D eigenvalue weighted by molar-refractivity contribution is 5.74. The van der Waals surface area contributed by atoms with Gasteiger partial charge in [-0.2, -0.15) is 5.26 Å². The number of anilines is 2. The number of pyridine rings is 1. The minimum absolute atomic E-state index is 0.557. The molecular weight excluding hydrogens is 382 g/mol. The summed E-state index contributed by atoms with van der Waals surface area (Å²) >= 11 is 0. The van der Waals surface area contributed by atoms with E-state index in [0.717, 1.165) is 44.5 Å². The van der Waals surface area contributed by atoms with Crippen molar-refractivity contribution in [1.82, 2.24) is 9.88 Å². The Morgan fingerprint density at radius 3 is 2.19 bits per heavy atom. The van der Waals surface area contributed by atoms with Crippen LogP contribution in [-0.4, -0.2) is 41.6 Å². The maximum atomic E-state index is 9.98. The average molecular weight is 422 g/mol. The van der Waals surface area contributed by atoms with Gasteiger partial charge in [-0.3, -0.25) is 4.90 Å². The zero-order chi connectivity index (χ0) is 21.0. The summed E-state index contributed by atoms with van der Waals surface area (Å²) in [5.74, 6) is 1.08. The fourth-order valence-corrected chi connectivity index (χ4v) is 6.43. The van der Waals surface area contributed by atoms with E-state index >= 15 is 0 Å². The summed E-state index contributed by atoms with van der Waals surface area (Å²) in [5.41, 5.74) is 4.60. The summed E-state index contributed by atoms with van der Waals surface area (Å²) in [5, 5.41) is 14.0. The summed E-state index contributed by atoms with van der Waals surface area (Å²) < 4.78 is 0. The van der Waals surface area contributed by atoms with E-state index in [9.17, 15) is 5.26 Å². The SMILES string of the molecule is N#Cc1nc(N2CCCCC2)c(NC2CCCCC2)c2c1CCN(C1CCCCC1)C2. The van der Waals surface area contributed by atoms with E-state index in [2.05, 4.69) is 21.2 Å². The molecule has 0 bridgehead atoms. The van der Waals surface area contributed by atoms with Gasteiger partial charge in [0.2, 0.25) is 0 Å². The molecule has 1 saturated heterocycles. The molecule has 0 atom stereocenters. The van der Waals surface area contributed by atoms with Crippen molar-refractivity contribution in [3.8, 4) is 6.07 Å². The second kappa shape index (κ2) is 9.77. The van der Waals surface area contributed by atoms with E-state index in [1.165, 1.54) is 100 Å². The fourth-order valence-electron chi connectivity index (χ4n) is 6.43. The Labute approximate surface area is 188 Å². The Morgan fingerprint density at radius 2 is 1.48 bits per heavy atom. The van der Waals surface area contributed by atoms with E-state index in [0.29, 0.717) is 11.7 Å². The second-order valence-corrected chi connectivity index (χ2v) is 10.3. The zero-order valence-electron chi connectivity index (χ0n) is 19.2. The van der Waals surface area contributed by atoms with Crippen molar-refractivity contribution in [3.63, 3.8) is 0 Å². The molecule has 1 aromatic heterocycles. The molecule has 1 aromatic rings. The van der Waals surface area contributed by atoms with Crippen LogP contribution in [0.2, 0.25) is 0 Å². The first-order chi connectivity index (χ1) is 15.3. The number of piperidine rings is 1. The fraction of sp³-hybridized carbons (Fsp3) is 0.769. The van der Waals surface area contributed by atoms with Crippen molar-refractivity contribution < 1.29 is 0 Å². The van der Waals surface area contributed by atoms with Crippen LogP contribution in [0, 0.1) is 11.3 Å². The van der Waals surface area contributed by atoms with Crippen LogP contribution in [0.5, 0.6) is 0 Å². The Bertz CT molecular complexity index is 795. The van der Waals surface area contributed by atoms with E-state index < -0.39 is 0 Å². The molecule has 0 amide bonds. The number of hydrogen-bond acceptors (Lipinski definition) is 5. The van der Waals surface area contributed by atoms with Gasteiger partial charge < -0.3 is 10.2 Å². The molecule has 0 aromatic carbocycles. The van der Waals surface area contributed by atoms with Crippen molar-refractivity contribution in [2.45, 2.75) is 109 Å². The van der Waals surface area contributed by atoms with Crippen LogP contribution in [0.4, 0.5) is 11.5 Å². The quantitative estimate of drug-likeness (QED) is 0.707. The predicted molar refractivity (Wildman–Crippen MR) is 126 cm³/mol. The van der Waals surface area contributed by atoms with E-state index in [4.69, 9.17) is 4.98 Å². The smallest absolute Gasteiger partial charge is 0.153 e. The molecule has 0 radical (unpaired) electrons. The second-order valence-electron chi connectivity index (χ2n) is 10.3. The van der Waals surface area contributed by atoms with Crippen LogP contribution in [0.25, 0.3) is 0 Å². The number of aromatic nitrogens is 1. The van der Waals surface area contributed by atoms with Gasteiger partial charge in [0.1, 0.15) is 11.8 Å². The third kappa shape index (κ3) is 4.55. The molecule has 0 unspecified atom stereocenters. The molecular formula is C26H39N5. The normalized spacial score (nSPS) is 23.9. The summed E-state index contributed by atoms with van der Waals surface area (Å²) in [6.07, 6.45) is 18.2. The average Bonchev–Trinajstić information content (AvgIpc) is 2.85. The Hall–Kier alpha value is -1.80. The number of nitrogens with zero attached hydrogens (tertiary/aromatic N) is 4. The molecule has 2 aliphatic heterocycles. The number of rotatable bonds is 4. The van der Waals surface area contributed by atoms with E-state index in [1.807, 2.05) is 0 Å². The highest BCUT2D eigenvalue weighted by atomic mass is 15.2. The molecule has 4 aliphatic rings. The summed E-state index contributed by atoms with van der Waals surface area (Å²) in [6.45, 7) is 4.22. The molecule has 5 nitrogen and oxygen atoms in total. The van der Waals surface area contributed by atoms with Crippen LogP contribution in [0.15, 0.2) is 0 Å². The monoisotopic (exact) mass is 421 g/mol. The molecule has 5 rings (SSSR count). The van der Waals surface area contributed by atoms with Gasteiger partial charge in [0, 0.05) is 38.3 Å². The van der Waals surface area contributed by atoms with Gasteiger partial charge in [0.05, 0.1) is 5.69 Å². The lowest BCUT2D eigenvalue weighted by Crippen LogP contribution is -2.42.